The number of amides is 3. The number of amidine groups is 1. The van der Waals surface area contributed by atoms with Crippen molar-refractivity contribution in [2.75, 3.05) is 17.8 Å². The Morgan fingerprint density at radius 3 is 2.41 bits per heavy atom. The number of thioether (sulfide) groups is 1. The molecule has 4 aromatic rings. The Bertz CT molecular complexity index is 1800. The summed E-state index contributed by atoms with van der Waals surface area (Å²) in [5.41, 5.74) is 4.36. The first-order valence-corrected chi connectivity index (χ1v) is 15.0. The first-order valence-electron chi connectivity index (χ1n) is 14.0. The van der Waals surface area contributed by atoms with Gasteiger partial charge in [0.1, 0.15) is 17.8 Å². The molecule has 0 atom stereocenters. The van der Waals surface area contributed by atoms with Gasteiger partial charge in [-0.05, 0) is 59.9 Å². The Labute approximate surface area is 266 Å². The van der Waals surface area contributed by atoms with Crippen LogP contribution in [0, 0.1) is 0 Å². The molecule has 238 valence electrons. The smallest absolute Gasteiger partial charge is 0.497 e. The number of alkyl halides is 3. The van der Waals surface area contributed by atoms with E-state index < -0.39 is 12.4 Å². The molecule has 0 radical (unpaired) electrons. The maximum Gasteiger partial charge on any atom is 0.573 e. The SMILES string of the molecule is COc1ccc(C(C)C)c(N2C(=O)CS/C2=N\C(=O)N/C=C(\C)c2ccc(-c3ncn(-c4ccc(OC(F)(F)F)cc4)n3)cc2)c1. The third kappa shape index (κ3) is 7.57. The van der Waals surface area contributed by atoms with E-state index in [1.165, 1.54) is 58.1 Å². The summed E-state index contributed by atoms with van der Waals surface area (Å²) in [5.74, 6) is 0.791. The van der Waals surface area contributed by atoms with E-state index in [9.17, 15) is 22.8 Å². The van der Waals surface area contributed by atoms with Gasteiger partial charge in [0, 0.05) is 17.8 Å². The molecule has 0 saturated carbocycles. The molecule has 1 N–H and O–H groups in total. The number of aliphatic imine (C=N–C) groups is 1. The standard InChI is InChI=1S/C32H29F3N6O4S/c1-19(2)26-14-13-25(44-4)15-27(26)41-28(42)17-46-31(41)38-30(43)36-16-20(3)21-5-7-22(8-6-21)29-37-18-40(39-29)23-9-11-24(12-10-23)45-32(33,34)35/h5-16,18-19H,17H2,1-4H3,(H,36,43)/b20-16+,38-31-. The lowest BCUT2D eigenvalue weighted by molar-refractivity contribution is -0.274. The number of halogens is 3. The zero-order valence-electron chi connectivity index (χ0n) is 25.2. The van der Waals surface area contributed by atoms with Crippen molar-refractivity contribution in [2.24, 2.45) is 4.99 Å². The number of hydrogen-bond donors (Lipinski definition) is 1. The second-order valence-electron chi connectivity index (χ2n) is 10.4. The highest BCUT2D eigenvalue weighted by atomic mass is 32.2. The minimum atomic E-state index is -4.77. The van der Waals surface area contributed by atoms with Crippen LogP contribution in [0.15, 0.2) is 84.2 Å². The highest BCUT2D eigenvalue weighted by Crippen LogP contribution is 2.36. The third-order valence-corrected chi connectivity index (χ3v) is 7.82. The van der Waals surface area contributed by atoms with Crippen molar-refractivity contribution in [1.82, 2.24) is 20.1 Å². The van der Waals surface area contributed by atoms with Gasteiger partial charge in [-0.25, -0.2) is 14.5 Å². The van der Waals surface area contributed by atoms with Crippen LogP contribution in [0.25, 0.3) is 22.6 Å². The van der Waals surface area contributed by atoms with Gasteiger partial charge in [-0.3, -0.25) is 9.69 Å². The summed E-state index contributed by atoms with van der Waals surface area (Å²) in [4.78, 5) is 35.6. The first kappa shape index (κ1) is 32.3. The summed E-state index contributed by atoms with van der Waals surface area (Å²) < 4.78 is 48.0. The summed E-state index contributed by atoms with van der Waals surface area (Å²) in [5, 5.41) is 7.37. The van der Waals surface area contributed by atoms with Gasteiger partial charge in [0.25, 0.3) is 0 Å². The number of benzene rings is 3. The van der Waals surface area contributed by atoms with E-state index in [4.69, 9.17) is 4.74 Å². The van der Waals surface area contributed by atoms with Crippen LogP contribution >= 0.6 is 11.8 Å². The fourth-order valence-corrected chi connectivity index (χ4v) is 5.45. The highest BCUT2D eigenvalue weighted by molar-refractivity contribution is 8.15. The van der Waals surface area contributed by atoms with Gasteiger partial charge >= 0.3 is 12.4 Å². The second kappa shape index (κ2) is 13.5. The summed E-state index contributed by atoms with van der Waals surface area (Å²) in [7, 11) is 1.55. The lowest BCUT2D eigenvalue weighted by Crippen LogP contribution is -2.31. The van der Waals surface area contributed by atoms with E-state index >= 15 is 0 Å². The largest absolute Gasteiger partial charge is 0.573 e. The molecule has 0 bridgehead atoms. The average molecular weight is 651 g/mol. The number of allylic oxidation sites excluding steroid dienone is 1. The molecule has 1 aliphatic rings. The molecule has 5 rings (SSSR count). The fourth-order valence-electron chi connectivity index (χ4n) is 4.59. The van der Waals surface area contributed by atoms with Crippen molar-refractivity contribution in [3.8, 4) is 28.6 Å². The first-order chi connectivity index (χ1) is 21.9. The van der Waals surface area contributed by atoms with Crippen molar-refractivity contribution >= 4 is 40.1 Å². The number of hydrogen-bond acceptors (Lipinski definition) is 7. The Morgan fingerprint density at radius 1 is 1.07 bits per heavy atom. The second-order valence-corrected chi connectivity index (χ2v) is 11.3. The van der Waals surface area contributed by atoms with Crippen molar-refractivity contribution in [2.45, 2.75) is 33.1 Å². The van der Waals surface area contributed by atoms with E-state index in [-0.39, 0.29) is 28.5 Å². The number of urea groups is 1. The summed E-state index contributed by atoms with van der Waals surface area (Å²) >= 11 is 1.19. The molecular weight excluding hydrogens is 621 g/mol. The lowest BCUT2D eigenvalue weighted by atomic mass is 10.00. The van der Waals surface area contributed by atoms with E-state index in [1.54, 1.807) is 13.2 Å². The van der Waals surface area contributed by atoms with Gasteiger partial charge < -0.3 is 14.8 Å². The molecule has 1 aliphatic heterocycles. The van der Waals surface area contributed by atoms with Gasteiger partial charge in [0.2, 0.25) is 5.91 Å². The number of carbonyl (C=O) groups excluding carboxylic acids is 2. The summed E-state index contributed by atoms with van der Waals surface area (Å²) in [6, 6.07) is 17.5. The Balaban J connectivity index is 1.25. The topological polar surface area (TPSA) is 111 Å². The maximum atomic E-state index is 12.8. The van der Waals surface area contributed by atoms with E-state index in [0.29, 0.717) is 28.5 Å². The lowest BCUT2D eigenvalue weighted by Gasteiger charge is -2.22. The molecule has 46 heavy (non-hydrogen) atoms. The number of aromatic nitrogens is 3. The van der Waals surface area contributed by atoms with Gasteiger partial charge in [-0.15, -0.1) is 18.3 Å². The van der Waals surface area contributed by atoms with Gasteiger partial charge in [0.15, 0.2) is 11.0 Å². The Morgan fingerprint density at radius 2 is 1.76 bits per heavy atom. The van der Waals surface area contributed by atoms with Crippen molar-refractivity contribution in [1.29, 1.82) is 0 Å². The number of ether oxygens (including phenoxy) is 2. The maximum absolute atomic E-state index is 12.8. The zero-order valence-corrected chi connectivity index (χ0v) is 26.0. The number of rotatable bonds is 8. The molecule has 14 heteroatoms. The van der Waals surface area contributed by atoms with Crippen LogP contribution in [0.1, 0.15) is 37.8 Å². The summed E-state index contributed by atoms with van der Waals surface area (Å²) in [6.07, 6.45) is -1.77. The Kier molecular flexibility index (Phi) is 9.46. The predicted octanol–water partition coefficient (Wildman–Crippen LogP) is 7.17. The highest BCUT2D eigenvalue weighted by Gasteiger charge is 2.33. The van der Waals surface area contributed by atoms with Crippen LogP contribution in [0.3, 0.4) is 0 Å². The molecule has 1 aromatic heterocycles. The molecule has 10 nitrogen and oxygen atoms in total. The van der Waals surface area contributed by atoms with E-state index in [1.807, 2.05) is 57.2 Å². The number of nitrogens with zero attached hydrogens (tertiary/aromatic N) is 5. The minimum Gasteiger partial charge on any atom is -0.497 e. The molecule has 0 spiro atoms. The van der Waals surface area contributed by atoms with Crippen LogP contribution in [-0.2, 0) is 4.79 Å². The van der Waals surface area contributed by atoms with E-state index in [2.05, 4.69) is 25.1 Å². The third-order valence-electron chi connectivity index (χ3n) is 6.90. The molecule has 3 aromatic carbocycles. The quantitative estimate of drug-likeness (QED) is 0.215. The van der Waals surface area contributed by atoms with Crippen LogP contribution in [0.5, 0.6) is 11.5 Å². The number of nitrogens with one attached hydrogen (secondary N) is 1. The monoisotopic (exact) mass is 650 g/mol. The van der Waals surface area contributed by atoms with Crippen LogP contribution in [0.2, 0.25) is 0 Å². The molecule has 2 heterocycles. The molecule has 1 fully saturated rings. The van der Waals surface area contributed by atoms with Crippen LogP contribution in [0.4, 0.5) is 23.7 Å². The van der Waals surface area contributed by atoms with Crippen molar-refractivity contribution in [3.63, 3.8) is 0 Å². The van der Waals surface area contributed by atoms with Gasteiger partial charge in [0.05, 0.1) is 24.2 Å². The minimum absolute atomic E-state index is 0.125. The molecular formula is C32H29F3N6O4S. The van der Waals surface area contributed by atoms with Crippen LogP contribution in [-0.4, -0.2) is 51.1 Å². The van der Waals surface area contributed by atoms with Gasteiger partial charge in [-0.1, -0.05) is 55.9 Å². The zero-order chi connectivity index (χ0) is 33.0. The fraction of sp³-hybridized carbons (Fsp3) is 0.219. The summed E-state index contributed by atoms with van der Waals surface area (Å²) in [6.45, 7) is 5.87. The average Bonchev–Trinajstić information content (AvgIpc) is 3.66. The molecule has 0 aliphatic carbocycles. The van der Waals surface area contributed by atoms with Crippen molar-refractivity contribution in [3.05, 3.63) is 90.4 Å². The Hall–Kier alpha value is -5.11. The molecule has 3 amide bonds. The molecule has 1 saturated heterocycles. The van der Waals surface area contributed by atoms with Crippen LogP contribution < -0.4 is 19.7 Å². The molecule has 0 unspecified atom stereocenters. The van der Waals surface area contributed by atoms with Crippen molar-refractivity contribution < 1.29 is 32.2 Å². The normalized spacial score (nSPS) is 14.7. The predicted molar refractivity (Wildman–Crippen MR) is 170 cm³/mol. The van der Waals surface area contributed by atoms with E-state index in [0.717, 1.165) is 16.7 Å². The number of anilines is 1. The number of carbonyl (C=O) groups is 2. The number of methoxy groups -OCH3 is 1. The van der Waals surface area contributed by atoms with Gasteiger partial charge in [-0.2, -0.15) is 4.99 Å².